The number of carbonyl (C=O) groups excluding carboxylic acids is 2. The monoisotopic (exact) mass is 610 g/mol. The van der Waals surface area contributed by atoms with Gasteiger partial charge in [0.25, 0.3) is 5.91 Å². The van der Waals surface area contributed by atoms with E-state index >= 15 is 0 Å². The number of benzene rings is 1. The van der Waals surface area contributed by atoms with Crippen molar-refractivity contribution < 1.29 is 23.2 Å². The lowest BCUT2D eigenvalue weighted by Gasteiger charge is -2.42. The molecule has 230 valence electrons. The molecule has 0 radical (unpaired) electrons. The number of amides is 3. The molecule has 2 aliphatic heterocycles. The van der Waals surface area contributed by atoms with E-state index in [-0.39, 0.29) is 22.6 Å². The molecule has 0 aliphatic carbocycles. The van der Waals surface area contributed by atoms with Crippen molar-refractivity contribution in [2.45, 2.75) is 39.3 Å². The lowest BCUT2D eigenvalue weighted by atomic mass is 9.97. The second-order valence-corrected chi connectivity index (χ2v) is 12.5. The molecule has 2 aliphatic rings. The van der Waals surface area contributed by atoms with E-state index in [1.165, 1.54) is 19.3 Å². The number of aromatic nitrogens is 1. The van der Waals surface area contributed by atoms with Gasteiger partial charge in [-0.25, -0.2) is 9.78 Å². The molecule has 0 saturated carbocycles. The first kappa shape index (κ1) is 26.7. The van der Waals surface area contributed by atoms with Gasteiger partial charge < -0.3 is 25.4 Å². The van der Waals surface area contributed by atoms with Crippen molar-refractivity contribution in [2.75, 3.05) is 64.6 Å². The molecular weight excluding hydrogens is 566 g/mol. The fraction of sp³-hybridized carbons (Fsp3) is 0.452. The highest BCUT2D eigenvalue weighted by molar-refractivity contribution is 7.10. The summed E-state index contributed by atoms with van der Waals surface area (Å²) in [5.41, 5.74) is 3.79. The van der Waals surface area contributed by atoms with Gasteiger partial charge in [-0.15, -0.1) is 11.3 Å². The predicted molar refractivity (Wildman–Crippen MR) is 171 cm³/mol. The molecule has 0 bridgehead atoms. The minimum atomic E-state index is -2.71. The average molecular weight is 611 g/mol. The Labute approximate surface area is 261 Å². The van der Waals surface area contributed by atoms with Gasteiger partial charge in [0.05, 0.1) is 35.5 Å². The maximum Gasteiger partial charge on any atom is 0.320 e. The minimum absolute atomic E-state index is 0.0241. The van der Waals surface area contributed by atoms with E-state index in [0.717, 1.165) is 60.0 Å². The Morgan fingerprint density at radius 3 is 2.65 bits per heavy atom. The van der Waals surface area contributed by atoms with Gasteiger partial charge in [-0.1, -0.05) is 6.07 Å². The lowest BCUT2D eigenvalue weighted by Crippen LogP contribution is -2.53. The number of rotatable bonds is 7. The van der Waals surface area contributed by atoms with Gasteiger partial charge in [0.15, 0.2) is 5.75 Å². The third-order valence-corrected chi connectivity index (χ3v) is 8.79. The summed E-state index contributed by atoms with van der Waals surface area (Å²) in [6.45, 7) is 9.39. The van der Waals surface area contributed by atoms with Crippen LogP contribution in [0.2, 0.25) is 0 Å². The molecule has 4 heterocycles. The van der Waals surface area contributed by atoms with E-state index in [1.54, 1.807) is 18.4 Å². The highest BCUT2D eigenvalue weighted by atomic mass is 32.1. The number of hydrogen-bond acceptors (Lipinski definition) is 9. The second kappa shape index (κ2) is 12.8. The Hall–Kier alpha value is -3.87. The Morgan fingerprint density at radius 2 is 1.95 bits per heavy atom. The van der Waals surface area contributed by atoms with Gasteiger partial charge >= 0.3 is 6.03 Å². The number of ether oxygens (including phenoxy) is 2. The van der Waals surface area contributed by atoms with Crippen LogP contribution in [0.1, 0.15) is 45.7 Å². The average Bonchev–Trinajstić information content (AvgIpc) is 3.27. The van der Waals surface area contributed by atoms with E-state index < -0.39 is 18.9 Å². The van der Waals surface area contributed by atoms with Crippen molar-refractivity contribution in [1.29, 1.82) is 0 Å². The van der Waals surface area contributed by atoms with Crippen molar-refractivity contribution >= 4 is 40.5 Å². The lowest BCUT2D eigenvalue weighted by molar-refractivity contribution is 0.0591. The van der Waals surface area contributed by atoms with Crippen molar-refractivity contribution in [1.82, 2.24) is 25.4 Å². The van der Waals surface area contributed by atoms with Crippen molar-refractivity contribution in [3.8, 4) is 22.6 Å². The molecule has 1 fully saturated rings. The molecule has 0 unspecified atom stereocenters. The van der Waals surface area contributed by atoms with Crippen LogP contribution >= 0.6 is 11.3 Å². The Kier molecular flexibility index (Phi) is 7.95. The molecule has 0 atom stereocenters. The molecular formula is C31H41N7O4S. The number of anilines is 3. The van der Waals surface area contributed by atoms with Gasteiger partial charge in [0, 0.05) is 91.6 Å². The second-order valence-electron chi connectivity index (χ2n) is 11.5. The van der Waals surface area contributed by atoms with E-state index in [2.05, 4.69) is 56.9 Å². The molecule has 12 heteroatoms. The Balaban J connectivity index is 1.48. The summed E-state index contributed by atoms with van der Waals surface area (Å²) in [5.74, 6) is 0.711. The third kappa shape index (κ3) is 6.56. The summed E-state index contributed by atoms with van der Waals surface area (Å²) in [6, 6.07) is 4.81. The zero-order valence-corrected chi connectivity index (χ0v) is 26.0. The summed E-state index contributed by atoms with van der Waals surface area (Å²) >= 11 is 1.67. The van der Waals surface area contributed by atoms with Crippen LogP contribution in [0, 0.1) is 0 Å². The van der Waals surface area contributed by atoms with Crippen LogP contribution in [-0.2, 0) is 13.0 Å². The summed E-state index contributed by atoms with van der Waals surface area (Å²) in [5, 5.41) is 12.4. The maximum atomic E-state index is 13.0. The standard InChI is InChI=1S/C31H41N7O4S/c1-31(2,3)38-12-10-37(11-13-38)17-24-27-21(18-43-24)26-19(9-14-42-27)7-8-22(28(26)41-6)35-23-15-25(36-30(40)33-5)34-16-20(23)29(39)32-4/h7-8,15-16,18H,9-14,17H2,1-6H3,(H,32,39)(H3,33,34,35,36,40)/i4D3. The van der Waals surface area contributed by atoms with Crippen LogP contribution in [0.4, 0.5) is 22.0 Å². The van der Waals surface area contributed by atoms with E-state index in [0.29, 0.717) is 24.5 Å². The zero-order chi connectivity index (χ0) is 33.2. The number of carbonyl (C=O) groups is 2. The normalized spacial score (nSPS) is 16.7. The topological polar surface area (TPSA) is 120 Å². The zero-order valence-electron chi connectivity index (χ0n) is 28.2. The summed E-state index contributed by atoms with van der Waals surface area (Å²) in [4.78, 5) is 35.2. The summed E-state index contributed by atoms with van der Waals surface area (Å²) < 4.78 is 34.9. The fourth-order valence-electron chi connectivity index (χ4n) is 5.51. The predicted octanol–water partition coefficient (Wildman–Crippen LogP) is 4.52. The summed E-state index contributed by atoms with van der Waals surface area (Å²) in [7, 11) is 3.05. The van der Waals surface area contributed by atoms with Gasteiger partial charge in [-0.05, 0) is 32.4 Å². The minimum Gasteiger partial charge on any atom is -0.494 e. The van der Waals surface area contributed by atoms with Crippen LogP contribution in [0.25, 0.3) is 11.1 Å². The number of piperazine rings is 1. The van der Waals surface area contributed by atoms with Crippen LogP contribution in [-0.4, -0.2) is 86.2 Å². The smallest absolute Gasteiger partial charge is 0.320 e. The fourth-order valence-corrected chi connectivity index (χ4v) is 6.52. The van der Waals surface area contributed by atoms with E-state index in [1.807, 2.05) is 17.4 Å². The SMILES string of the molecule is [2H]C([2H])([2H])NC(=O)c1cnc(NC(=O)NC)cc1Nc1ccc2c(c1OC)-c1csc(CN3CCN(C(C)(C)C)CC3)c1OCC2. The van der Waals surface area contributed by atoms with Gasteiger partial charge in [0.2, 0.25) is 0 Å². The number of hydrogen-bond donors (Lipinski definition) is 4. The highest BCUT2D eigenvalue weighted by Crippen LogP contribution is 2.49. The Bertz CT molecular complexity index is 1600. The summed E-state index contributed by atoms with van der Waals surface area (Å²) in [6.07, 6.45) is 1.89. The number of nitrogens with one attached hydrogen (secondary N) is 4. The molecule has 2 aromatic heterocycles. The van der Waals surface area contributed by atoms with Gasteiger partial charge in [0.1, 0.15) is 11.6 Å². The highest BCUT2D eigenvalue weighted by Gasteiger charge is 2.29. The molecule has 1 saturated heterocycles. The molecule has 11 nitrogen and oxygen atoms in total. The van der Waals surface area contributed by atoms with E-state index in [9.17, 15) is 9.59 Å². The first-order valence-electron chi connectivity index (χ1n) is 15.8. The number of thiophene rings is 1. The van der Waals surface area contributed by atoms with Crippen molar-refractivity contribution in [3.63, 3.8) is 0 Å². The number of fused-ring (bicyclic) bond motifs is 3. The molecule has 43 heavy (non-hydrogen) atoms. The van der Waals surface area contributed by atoms with Crippen LogP contribution < -0.4 is 30.7 Å². The molecule has 3 amide bonds. The first-order valence-corrected chi connectivity index (χ1v) is 15.1. The number of pyridine rings is 1. The maximum absolute atomic E-state index is 13.0. The molecule has 4 N–H and O–H groups in total. The third-order valence-electron chi connectivity index (χ3n) is 7.84. The van der Waals surface area contributed by atoms with Crippen molar-refractivity contribution in [2.24, 2.45) is 0 Å². The molecule has 0 spiro atoms. The largest absolute Gasteiger partial charge is 0.494 e. The van der Waals surface area contributed by atoms with Gasteiger partial charge in [-0.3, -0.25) is 19.9 Å². The molecule has 1 aromatic carbocycles. The Morgan fingerprint density at radius 1 is 1.16 bits per heavy atom. The molecule has 3 aromatic rings. The van der Waals surface area contributed by atoms with Crippen LogP contribution in [0.3, 0.4) is 0 Å². The van der Waals surface area contributed by atoms with Crippen molar-refractivity contribution in [3.05, 3.63) is 45.8 Å². The number of nitrogens with zero attached hydrogens (tertiary/aromatic N) is 3. The first-order chi connectivity index (χ1) is 21.8. The van der Waals surface area contributed by atoms with Crippen LogP contribution in [0.5, 0.6) is 11.5 Å². The quantitative estimate of drug-likeness (QED) is 0.308. The van der Waals surface area contributed by atoms with Crippen LogP contribution in [0.15, 0.2) is 29.8 Å². The number of urea groups is 1. The molecule has 5 rings (SSSR count). The number of methoxy groups -OCH3 is 1. The van der Waals surface area contributed by atoms with Gasteiger partial charge in [-0.2, -0.15) is 0 Å². The van der Waals surface area contributed by atoms with E-state index in [4.69, 9.17) is 13.6 Å².